The average Bonchev–Trinajstić information content (AvgIpc) is 2.18. The average molecular weight is 190 g/mol. The predicted molar refractivity (Wildman–Crippen MR) is 54.5 cm³/mol. The van der Waals surface area contributed by atoms with Crippen LogP contribution in [0.15, 0.2) is 36.4 Å². The van der Waals surface area contributed by atoms with Gasteiger partial charge < -0.3 is 5.11 Å². The van der Waals surface area contributed by atoms with Crippen molar-refractivity contribution in [2.45, 2.75) is 13.0 Å². The smallest absolute Gasteiger partial charge is 0.131 e. The van der Waals surface area contributed by atoms with Crippen molar-refractivity contribution >= 4 is 10.8 Å². The fourth-order valence-corrected chi connectivity index (χ4v) is 1.65. The number of hydrogen-bond donors (Lipinski definition) is 1. The van der Waals surface area contributed by atoms with E-state index in [9.17, 15) is 9.50 Å². The summed E-state index contributed by atoms with van der Waals surface area (Å²) in [5.74, 6) is -0.245. The fourth-order valence-electron chi connectivity index (χ4n) is 1.65. The van der Waals surface area contributed by atoms with Crippen molar-refractivity contribution in [3.63, 3.8) is 0 Å². The minimum Gasteiger partial charge on any atom is -0.389 e. The standard InChI is InChI=1S/C12H11FO/c1-8(14)9-6-7-12(13)11-5-3-2-4-10(9)11/h2-8,14H,1H3/t8-/m1/s1. The Morgan fingerprint density at radius 1 is 1.07 bits per heavy atom. The normalized spacial score (nSPS) is 13.1. The summed E-state index contributed by atoms with van der Waals surface area (Å²) in [6.45, 7) is 1.68. The molecule has 0 amide bonds. The van der Waals surface area contributed by atoms with Crippen LogP contribution in [-0.2, 0) is 0 Å². The third kappa shape index (κ3) is 1.38. The molecule has 0 aliphatic rings. The highest BCUT2D eigenvalue weighted by Crippen LogP contribution is 2.25. The maximum absolute atomic E-state index is 13.3. The monoisotopic (exact) mass is 190 g/mol. The van der Waals surface area contributed by atoms with Gasteiger partial charge in [-0.15, -0.1) is 0 Å². The van der Waals surface area contributed by atoms with Gasteiger partial charge >= 0.3 is 0 Å². The zero-order chi connectivity index (χ0) is 10.1. The molecular weight excluding hydrogens is 179 g/mol. The molecule has 1 atom stereocenters. The molecule has 0 radical (unpaired) electrons. The highest BCUT2D eigenvalue weighted by Gasteiger charge is 2.08. The molecule has 0 fully saturated rings. The first-order chi connectivity index (χ1) is 6.70. The first-order valence-corrected chi connectivity index (χ1v) is 4.55. The van der Waals surface area contributed by atoms with E-state index in [1.807, 2.05) is 12.1 Å². The summed E-state index contributed by atoms with van der Waals surface area (Å²) in [6, 6.07) is 10.2. The Morgan fingerprint density at radius 2 is 1.71 bits per heavy atom. The second-order valence-electron chi connectivity index (χ2n) is 3.36. The Morgan fingerprint density at radius 3 is 2.36 bits per heavy atom. The molecule has 0 spiro atoms. The van der Waals surface area contributed by atoms with E-state index in [0.29, 0.717) is 5.39 Å². The fraction of sp³-hybridized carbons (Fsp3) is 0.167. The van der Waals surface area contributed by atoms with Crippen LogP contribution in [0.1, 0.15) is 18.6 Å². The van der Waals surface area contributed by atoms with Crippen molar-refractivity contribution in [3.05, 3.63) is 47.8 Å². The van der Waals surface area contributed by atoms with Gasteiger partial charge in [0.1, 0.15) is 5.82 Å². The minimum absolute atomic E-state index is 0.245. The molecule has 0 aliphatic heterocycles. The van der Waals surface area contributed by atoms with Gasteiger partial charge in [-0.1, -0.05) is 30.3 Å². The zero-order valence-electron chi connectivity index (χ0n) is 7.87. The van der Waals surface area contributed by atoms with Crippen molar-refractivity contribution in [1.29, 1.82) is 0 Å². The summed E-state index contributed by atoms with van der Waals surface area (Å²) >= 11 is 0. The molecule has 0 bridgehead atoms. The van der Waals surface area contributed by atoms with Crippen LogP contribution in [0.5, 0.6) is 0 Å². The maximum Gasteiger partial charge on any atom is 0.131 e. The number of halogens is 1. The van der Waals surface area contributed by atoms with Crippen molar-refractivity contribution in [3.8, 4) is 0 Å². The Balaban J connectivity index is 2.82. The Bertz CT molecular complexity index is 463. The van der Waals surface area contributed by atoms with Crippen LogP contribution in [0, 0.1) is 5.82 Å². The van der Waals surface area contributed by atoms with Crippen molar-refractivity contribution < 1.29 is 9.50 Å². The minimum atomic E-state index is -0.569. The molecule has 72 valence electrons. The summed E-state index contributed by atoms with van der Waals surface area (Å²) in [4.78, 5) is 0. The number of aliphatic hydroxyl groups excluding tert-OH is 1. The molecular formula is C12H11FO. The van der Waals surface area contributed by atoms with Crippen LogP contribution >= 0.6 is 0 Å². The number of fused-ring (bicyclic) bond motifs is 1. The van der Waals surface area contributed by atoms with Crippen LogP contribution in [0.2, 0.25) is 0 Å². The number of benzene rings is 2. The van der Waals surface area contributed by atoms with E-state index in [0.717, 1.165) is 10.9 Å². The highest BCUT2D eigenvalue weighted by atomic mass is 19.1. The SMILES string of the molecule is C[C@@H](O)c1ccc(F)c2ccccc12. The number of aliphatic hydroxyl groups is 1. The largest absolute Gasteiger partial charge is 0.389 e. The van der Waals surface area contributed by atoms with E-state index in [2.05, 4.69) is 0 Å². The van der Waals surface area contributed by atoms with Crippen LogP contribution in [0.3, 0.4) is 0 Å². The molecule has 0 unspecified atom stereocenters. The Hall–Kier alpha value is -1.41. The van der Waals surface area contributed by atoms with Crippen LogP contribution in [-0.4, -0.2) is 5.11 Å². The van der Waals surface area contributed by atoms with E-state index < -0.39 is 6.10 Å². The molecule has 0 aromatic heterocycles. The molecule has 1 N–H and O–H groups in total. The lowest BCUT2D eigenvalue weighted by atomic mass is 10.0. The summed E-state index contributed by atoms with van der Waals surface area (Å²) in [6.07, 6.45) is -0.569. The van der Waals surface area contributed by atoms with Crippen LogP contribution in [0.4, 0.5) is 4.39 Å². The second kappa shape index (κ2) is 3.39. The second-order valence-corrected chi connectivity index (χ2v) is 3.36. The topological polar surface area (TPSA) is 20.2 Å². The van der Waals surface area contributed by atoms with E-state index in [-0.39, 0.29) is 5.82 Å². The molecule has 2 heteroatoms. The first-order valence-electron chi connectivity index (χ1n) is 4.55. The van der Waals surface area contributed by atoms with Gasteiger partial charge in [-0.2, -0.15) is 0 Å². The third-order valence-corrected chi connectivity index (χ3v) is 2.35. The van der Waals surface area contributed by atoms with Crippen molar-refractivity contribution in [2.75, 3.05) is 0 Å². The molecule has 2 rings (SSSR count). The molecule has 0 heterocycles. The molecule has 1 nitrogen and oxygen atoms in total. The lowest BCUT2D eigenvalue weighted by Crippen LogP contribution is -1.93. The van der Waals surface area contributed by atoms with Gasteiger partial charge in [0, 0.05) is 5.39 Å². The molecule has 0 saturated carbocycles. The van der Waals surface area contributed by atoms with Gasteiger partial charge in [-0.3, -0.25) is 0 Å². The molecule has 2 aromatic rings. The van der Waals surface area contributed by atoms with Gasteiger partial charge in [-0.05, 0) is 23.9 Å². The van der Waals surface area contributed by atoms with E-state index in [1.54, 1.807) is 25.1 Å². The lowest BCUT2D eigenvalue weighted by Gasteiger charge is -2.09. The predicted octanol–water partition coefficient (Wildman–Crippen LogP) is 3.03. The first kappa shape index (κ1) is 9.16. The summed E-state index contributed by atoms with van der Waals surface area (Å²) in [5.41, 5.74) is 0.766. The zero-order valence-corrected chi connectivity index (χ0v) is 7.87. The lowest BCUT2D eigenvalue weighted by molar-refractivity contribution is 0.201. The molecule has 0 saturated heterocycles. The number of hydrogen-bond acceptors (Lipinski definition) is 1. The van der Waals surface area contributed by atoms with Gasteiger partial charge in [0.25, 0.3) is 0 Å². The van der Waals surface area contributed by atoms with Gasteiger partial charge in [0.05, 0.1) is 6.10 Å². The third-order valence-electron chi connectivity index (χ3n) is 2.35. The molecule has 2 aromatic carbocycles. The van der Waals surface area contributed by atoms with Crippen molar-refractivity contribution in [2.24, 2.45) is 0 Å². The quantitative estimate of drug-likeness (QED) is 0.732. The summed E-state index contributed by atoms with van der Waals surface area (Å²) < 4.78 is 13.3. The van der Waals surface area contributed by atoms with Crippen molar-refractivity contribution in [1.82, 2.24) is 0 Å². The number of rotatable bonds is 1. The maximum atomic E-state index is 13.3. The Labute approximate surface area is 81.8 Å². The molecule has 14 heavy (non-hydrogen) atoms. The van der Waals surface area contributed by atoms with Gasteiger partial charge in [0.2, 0.25) is 0 Å². The highest BCUT2D eigenvalue weighted by molar-refractivity contribution is 5.86. The van der Waals surface area contributed by atoms with Gasteiger partial charge in [0.15, 0.2) is 0 Å². The van der Waals surface area contributed by atoms with E-state index >= 15 is 0 Å². The van der Waals surface area contributed by atoms with E-state index in [1.165, 1.54) is 6.07 Å². The van der Waals surface area contributed by atoms with E-state index in [4.69, 9.17) is 0 Å². The summed E-state index contributed by atoms with van der Waals surface area (Å²) in [5, 5.41) is 10.8. The van der Waals surface area contributed by atoms with Crippen LogP contribution < -0.4 is 0 Å². The Kier molecular flexibility index (Phi) is 2.22. The van der Waals surface area contributed by atoms with Gasteiger partial charge in [-0.25, -0.2) is 4.39 Å². The summed E-state index contributed by atoms with van der Waals surface area (Å²) in [7, 11) is 0. The van der Waals surface area contributed by atoms with Crippen LogP contribution in [0.25, 0.3) is 10.8 Å². The molecule has 0 aliphatic carbocycles.